The van der Waals surface area contributed by atoms with E-state index in [1.165, 1.54) is 0 Å². The zero-order valence-electron chi connectivity index (χ0n) is 8.29. The summed E-state index contributed by atoms with van der Waals surface area (Å²) >= 11 is 1.63. The first-order valence-corrected chi connectivity index (χ1v) is 5.81. The first-order valence-electron chi connectivity index (χ1n) is 4.86. The van der Waals surface area contributed by atoms with Gasteiger partial charge in [0, 0.05) is 13.5 Å². The van der Waals surface area contributed by atoms with Crippen molar-refractivity contribution in [3.8, 4) is 0 Å². The van der Waals surface area contributed by atoms with Gasteiger partial charge in [-0.2, -0.15) is 11.3 Å². The van der Waals surface area contributed by atoms with Gasteiger partial charge in [-0.25, -0.2) is 0 Å². The SMILES string of the molecule is COC1(C(=O)Cc2ccsc2)CCC1. The van der Waals surface area contributed by atoms with Gasteiger partial charge in [0.25, 0.3) is 0 Å². The fraction of sp³-hybridized carbons (Fsp3) is 0.545. The number of ketones is 1. The molecule has 0 spiro atoms. The Morgan fingerprint density at radius 1 is 1.64 bits per heavy atom. The molecule has 2 nitrogen and oxygen atoms in total. The fourth-order valence-electron chi connectivity index (χ4n) is 1.83. The van der Waals surface area contributed by atoms with Crippen LogP contribution in [0.2, 0.25) is 0 Å². The highest BCUT2D eigenvalue weighted by molar-refractivity contribution is 7.08. The summed E-state index contributed by atoms with van der Waals surface area (Å²) in [5, 5.41) is 4.03. The van der Waals surface area contributed by atoms with Crippen LogP contribution < -0.4 is 0 Å². The van der Waals surface area contributed by atoms with Crippen LogP contribution in [0.5, 0.6) is 0 Å². The molecule has 0 aromatic carbocycles. The third kappa shape index (κ3) is 1.62. The van der Waals surface area contributed by atoms with Gasteiger partial charge in [-0.05, 0) is 41.7 Å². The molecule has 1 saturated carbocycles. The second-order valence-corrected chi connectivity index (χ2v) is 4.56. The minimum Gasteiger partial charge on any atom is -0.370 e. The van der Waals surface area contributed by atoms with E-state index >= 15 is 0 Å². The van der Waals surface area contributed by atoms with Gasteiger partial charge in [-0.15, -0.1) is 0 Å². The maximum absolute atomic E-state index is 11.9. The second kappa shape index (κ2) is 3.83. The summed E-state index contributed by atoms with van der Waals surface area (Å²) in [6.07, 6.45) is 3.43. The topological polar surface area (TPSA) is 26.3 Å². The minimum absolute atomic E-state index is 0.240. The largest absolute Gasteiger partial charge is 0.370 e. The molecule has 1 heterocycles. The Bertz CT molecular complexity index is 307. The molecule has 0 radical (unpaired) electrons. The highest BCUT2D eigenvalue weighted by Gasteiger charge is 2.43. The summed E-state index contributed by atoms with van der Waals surface area (Å²) in [5.41, 5.74) is 0.672. The highest BCUT2D eigenvalue weighted by atomic mass is 32.1. The molecule has 0 aliphatic heterocycles. The van der Waals surface area contributed by atoms with E-state index in [1.807, 2.05) is 16.8 Å². The van der Waals surface area contributed by atoms with Crippen LogP contribution in [0.3, 0.4) is 0 Å². The quantitative estimate of drug-likeness (QED) is 0.763. The second-order valence-electron chi connectivity index (χ2n) is 3.78. The van der Waals surface area contributed by atoms with E-state index in [0.717, 1.165) is 24.8 Å². The van der Waals surface area contributed by atoms with Crippen LogP contribution in [0.15, 0.2) is 16.8 Å². The number of hydrogen-bond donors (Lipinski definition) is 0. The Morgan fingerprint density at radius 2 is 2.43 bits per heavy atom. The number of rotatable bonds is 4. The van der Waals surface area contributed by atoms with E-state index in [-0.39, 0.29) is 5.78 Å². The van der Waals surface area contributed by atoms with Crippen LogP contribution in [0.25, 0.3) is 0 Å². The monoisotopic (exact) mass is 210 g/mol. The summed E-state index contributed by atoms with van der Waals surface area (Å²) in [6, 6.07) is 2.00. The number of carbonyl (C=O) groups is 1. The van der Waals surface area contributed by atoms with E-state index in [9.17, 15) is 4.79 Å². The number of Topliss-reactive ketones (excluding diaryl/α,β-unsaturated/α-hetero) is 1. The van der Waals surface area contributed by atoms with Crippen LogP contribution in [0, 0.1) is 0 Å². The van der Waals surface area contributed by atoms with Gasteiger partial charge < -0.3 is 4.74 Å². The standard InChI is InChI=1S/C11H14O2S/c1-13-11(4-2-5-11)10(12)7-9-3-6-14-8-9/h3,6,8H,2,4-5,7H2,1H3. The van der Waals surface area contributed by atoms with Crippen molar-refractivity contribution < 1.29 is 9.53 Å². The molecule has 1 aliphatic carbocycles. The van der Waals surface area contributed by atoms with Crippen molar-refractivity contribution in [2.24, 2.45) is 0 Å². The van der Waals surface area contributed by atoms with Crippen molar-refractivity contribution in [2.75, 3.05) is 7.11 Å². The highest BCUT2D eigenvalue weighted by Crippen LogP contribution is 2.36. The van der Waals surface area contributed by atoms with Crippen molar-refractivity contribution in [1.82, 2.24) is 0 Å². The number of ether oxygens (including phenoxy) is 1. The van der Waals surface area contributed by atoms with Crippen LogP contribution >= 0.6 is 11.3 Å². The third-order valence-electron chi connectivity index (χ3n) is 3.00. The van der Waals surface area contributed by atoms with Crippen LogP contribution in [0.1, 0.15) is 24.8 Å². The Hall–Kier alpha value is -0.670. The lowest BCUT2D eigenvalue weighted by Crippen LogP contribution is -2.47. The molecular weight excluding hydrogens is 196 g/mol. The van der Waals surface area contributed by atoms with Gasteiger partial charge in [-0.3, -0.25) is 4.79 Å². The van der Waals surface area contributed by atoms with Crippen molar-refractivity contribution in [3.63, 3.8) is 0 Å². The lowest BCUT2D eigenvalue weighted by atomic mass is 9.75. The van der Waals surface area contributed by atoms with Crippen molar-refractivity contribution in [2.45, 2.75) is 31.3 Å². The molecule has 0 bridgehead atoms. The van der Waals surface area contributed by atoms with Crippen molar-refractivity contribution in [1.29, 1.82) is 0 Å². The lowest BCUT2D eigenvalue weighted by Gasteiger charge is -2.38. The molecule has 3 heteroatoms. The molecule has 0 unspecified atom stereocenters. The van der Waals surface area contributed by atoms with E-state index in [0.29, 0.717) is 6.42 Å². The smallest absolute Gasteiger partial charge is 0.168 e. The zero-order chi connectivity index (χ0) is 10.0. The number of thiophene rings is 1. The maximum atomic E-state index is 11.9. The molecular formula is C11H14O2S. The first kappa shape index (κ1) is 9.87. The molecule has 1 aromatic heterocycles. The Balaban J connectivity index is 2.01. The average molecular weight is 210 g/mol. The summed E-state index contributed by atoms with van der Waals surface area (Å²) in [4.78, 5) is 11.9. The van der Waals surface area contributed by atoms with Gasteiger partial charge in [-0.1, -0.05) is 0 Å². The summed E-state index contributed by atoms with van der Waals surface area (Å²) < 4.78 is 5.34. The van der Waals surface area contributed by atoms with E-state index in [4.69, 9.17) is 4.74 Å². The van der Waals surface area contributed by atoms with Gasteiger partial charge in [0.1, 0.15) is 5.60 Å². The molecule has 0 saturated heterocycles. The lowest BCUT2D eigenvalue weighted by molar-refractivity contribution is -0.151. The Morgan fingerprint density at radius 3 is 2.86 bits per heavy atom. The molecule has 14 heavy (non-hydrogen) atoms. The predicted octanol–water partition coefficient (Wildman–Crippen LogP) is 2.43. The Kier molecular flexibility index (Phi) is 2.70. The molecule has 0 atom stereocenters. The molecule has 0 amide bonds. The fourth-order valence-corrected chi connectivity index (χ4v) is 2.50. The van der Waals surface area contributed by atoms with Crippen molar-refractivity contribution in [3.05, 3.63) is 22.4 Å². The first-order chi connectivity index (χ1) is 6.77. The number of methoxy groups -OCH3 is 1. The van der Waals surface area contributed by atoms with Crippen LogP contribution in [-0.4, -0.2) is 18.5 Å². The van der Waals surface area contributed by atoms with E-state index in [2.05, 4.69) is 0 Å². The zero-order valence-corrected chi connectivity index (χ0v) is 9.10. The van der Waals surface area contributed by atoms with Crippen LogP contribution in [-0.2, 0) is 16.0 Å². The Labute approximate surface area is 87.9 Å². The molecule has 0 N–H and O–H groups in total. The summed E-state index contributed by atoms with van der Waals surface area (Å²) in [7, 11) is 1.64. The van der Waals surface area contributed by atoms with Gasteiger partial charge in [0.05, 0.1) is 0 Å². The third-order valence-corrected chi connectivity index (χ3v) is 3.74. The molecule has 1 aliphatic rings. The van der Waals surface area contributed by atoms with Gasteiger partial charge in [0.15, 0.2) is 5.78 Å². The van der Waals surface area contributed by atoms with Crippen LogP contribution in [0.4, 0.5) is 0 Å². The van der Waals surface area contributed by atoms with E-state index < -0.39 is 5.60 Å². The average Bonchev–Trinajstić information content (AvgIpc) is 2.55. The summed E-state index contributed by atoms with van der Waals surface area (Å²) in [6.45, 7) is 0. The maximum Gasteiger partial charge on any atom is 0.168 e. The number of hydrogen-bond acceptors (Lipinski definition) is 3. The van der Waals surface area contributed by atoms with E-state index in [1.54, 1.807) is 18.4 Å². The molecule has 2 rings (SSSR count). The normalized spacial score (nSPS) is 18.9. The van der Waals surface area contributed by atoms with Gasteiger partial charge >= 0.3 is 0 Å². The van der Waals surface area contributed by atoms with Gasteiger partial charge in [0.2, 0.25) is 0 Å². The molecule has 76 valence electrons. The minimum atomic E-state index is -0.443. The molecule has 1 fully saturated rings. The summed E-state index contributed by atoms with van der Waals surface area (Å²) in [5.74, 6) is 0.240. The molecule has 1 aromatic rings. The van der Waals surface area contributed by atoms with Crippen molar-refractivity contribution >= 4 is 17.1 Å². The predicted molar refractivity (Wildman–Crippen MR) is 56.6 cm³/mol. The number of carbonyl (C=O) groups excluding carboxylic acids is 1.